The van der Waals surface area contributed by atoms with E-state index in [9.17, 15) is 65.9 Å². The molecule has 0 aliphatic rings. The fraction of sp³-hybridized carbons (Fsp3) is 1.00. The van der Waals surface area contributed by atoms with Crippen LogP contribution in [0.4, 0.5) is 65.9 Å². The molecule has 18 heteroatoms. The van der Waals surface area contributed by atoms with E-state index in [4.69, 9.17) is 0 Å². The smallest absolute Gasteiger partial charge is 0.330 e. The zero-order valence-electron chi connectivity index (χ0n) is 16.8. The van der Waals surface area contributed by atoms with E-state index in [1.165, 1.54) is 0 Å². The summed E-state index contributed by atoms with van der Waals surface area (Å²) in [5.74, 6) is -15.3. The Hall–Kier alpha value is -1.17. The first-order chi connectivity index (χ1) is 15.0. The number of alkyl halides is 15. The average Bonchev–Trinajstić information content (AvgIpc) is 2.62. The molecule has 206 valence electrons. The fourth-order valence-corrected chi connectivity index (χ4v) is 1.99. The molecular weight excluding hydrogens is 525 g/mol. The van der Waals surface area contributed by atoms with E-state index in [-0.39, 0.29) is 0 Å². The van der Waals surface area contributed by atoms with E-state index in [0.29, 0.717) is 0 Å². The second-order valence-corrected chi connectivity index (χ2v) is 6.82. The Morgan fingerprint density at radius 1 is 0.382 bits per heavy atom. The maximum Gasteiger partial charge on any atom is 0.453 e. The molecule has 0 aliphatic heterocycles. The molecule has 0 rings (SSSR count). The molecule has 0 aromatic heterocycles. The Labute approximate surface area is 182 Å². The molecule has 0 spiro atoms. The normalized spacial score (nSPS) is 14.8. The lowest BCUT2D eigenvalue weighted by molar-refractivity contribution is -0.305. The van der Waals surface area contributed by atoms with Crippen molar-refractivity contribution >= 4 is 0 Å². The van der Waals surface area contributed by atoms with Crippen molar-refractivity contribution in [3.63, 3.8) is 0 Å². The Kier molecular flexibility index (Phi) is 11.8. The highest BCUT2D eigenvalue weighted by atomic mass is 19.4. The minimum Gasteiger partial charge on any atom is -0.330 e. The Bertz CT molecular complexity index is 503. The van der Waals surface area contributed by atoms with Crippen LogP contribution in [0.5, 0.6) is 0 Å². The third kappa shape index (κ3) is 11.0. The summed E-state index contributed by atoms with van der Waals surface area (Å²) >= 11 is 0. The summed E-state index contributed by atoms with van der Waals surface area (Å²) in [6.45, 7) is -5.03. The van der Waals surface area contributed by atoms with Crippen LogP contribution in [-0.2, 0) is 14.2 Å². The number of hydrogen-bond donors (Lipinski definition) is 0. The summed E-state index contributed by atoms with van der Waals surface area (Å²) in [4.78, 5) is 0. The molecule has 0 saturated heterocycles. The fourth-order valence-electron chi connectivity index (χ4n) is 1.99. The number of halogens is 15. The van der Waals surface area contributed by atoms with Crippen LogP contribution in [0.25, 0.3) is 0 Å². The summed E-state index contributed by atoms with van der Waals surface area (Å²) < 4.78 is 199. The minimum absolute atomic E-state index is 0.965. The Balaban J connectivity index is 4.74. The molecular formula is C16H19F15O3. The van der Waals surface area contributed by atoms with Gasteiger partial charge in [-0.2, -0.15) is 65.9 Å². The first-order valence-corrected chi connectivity index (χ1v) is 9.22. The molecule has 0 amide bonds. The van der Waals surface area contributed by atoms with Gasteiger partial charge in [0.2, 0.25) is 0 Å². The number of hydrogen-bond acceptors (Lipinski definition) is 3. The van der Waals surface area contributed by atoms with Gasteiger partial charge in [0.1, 0.15) is 0 Å². The highest BCUT2D eigenvalue weighted by Crippen LogP contribution is 2.40. The minimum atomic E-state index is -5.88. The monoisotopic (exact) mass is 544 g/mol. The first-order valence-electron chi connectivity index (χ1n) is 9.22. The van der Waals surface area contributed by atoms with Gasteiger partial charge in [-0.25, -0.2) is 0 Å². The van der Waals surface area contributed by atoms with Gasteiger partial charge in [0.25, 0.3) is 6.48 Å². The van der Waals surface area contributed by atoms with Crippen LogP contribution in [0.3, 0.4) is 0 Å². The molecule has 0 unspecified atom stereocenters. The van der Waals surface area contributed by atoms with E-state index in [0.717, 1.165) is 0 Å². The van der Waals surface area contributed by atoms with Crippen LogP contribution in [0.1, 0.15) is 38.5 Å². The quantitative estimate of drug-likeness (QED) is 0.124. The van der Waals surface area contributed by atoms with Crippen LogP contribution in [-0.4, -0.2) is 62.6 Å². The summed E-state index contributed by atoms with van der Waals surface area (Å²) in [5, 5.41) is 0. The first kappa shape index (κ1) is 32.8. The summed E-state index contributed by atoms with van der Waals surface area (Å²) in [6, 6.07) is 0. The van der Waals surface area contributed by atoms with Gasteiger partial charge in [-0.3, -0.25) is 0 Å². The van der Waals surface area contributed by atoms with Crippen molar-refractivity contribution in [1.29, 1.82) is 0 Å². The molecule has 0 bridgehead atoms. The highest BCUT2D eigenvalue weighted by Gasteiger charge is 2.58. The lowest BCUT2D eigenvalue weighted by Gasteiger charge is -2.23. The molecule has 0 N–H and O–H groups in total. The van der Waals surface area contributed by atoms with Crippen LogP contribution in [0, 0.1) is 0 Å². The topological polar surface area (TPSA) is 27.7 Å². The third-order valence-electron chi connectivity index (χ3n) is 3.91. The number of rotatable bonds is 15. The van der Waals surface area contributed by atoms with Crippen molar-refractivity contribution in [2.45, 2.75) is 81.3 Å². The SMILES string of the molecule is FC(F)(F)C(F)(F)CCCOC(OCCCC(F)(F)C(F)(F)F)OCCCC(F)(F)C(F)(F)F. The van der Waals surface area contributed by atoms with Crippen LogP contribution >= 0.6 is 0 Å². The lowest BCUT2D eigenvalue weighted by atomic mass is 10.2. The van der Waals surface area contributed by atoms with E-state index < -0.39 is 101 Å². The van der Waals surface area contributed by atoms with Crippen LogP contribution in [0.2, 0.25) is 0 Å². The molecule has 0 heterocycles. The molecule has 0 saturated carbocycles. The van der Waals surface area contributed by atoms with Gasteiger partial charge in [-0.1, -0.05) is 0 Å². The van der Waals surface area contributed by atoms with Gasteiger partial charge in [-0.15, -0.1) is 0 Å². The molecule has 34 heavy (non-hydrogen) atoms. The third-order valence-corrected chi connectivity index (χ3v) is 3.91. The van der Waals surface area contributed by atoms with E-state index in [1.807, 2.05) is 0 Å². The van der Waals surface area contributed by atoms with E-state index in [1.54, 1.807) is 0 Å². The van der Waals surface area contributed by atoms with Gasteiger partial charge >= 0.3 is 36.3 Å². The van der Waals surface area contributed by atoms with Crippen LogP contribution in [0.15, 0.2) is 0 Å². The van der Waals surface area contributed by atoms with E-state index >= 15 is 0 Å². The molecule has 0 atom stereocenters. The Morgan fingerprint density at radius 3 is 0.765 bits per heavy atom. The average molecular weight is 544 g/mol. The van der Waals surface area contributed by atoms with Crippen molar-refractivity contribution < 1.29 is 80.1 Å². The van der Waals surface area contributed by atoms with Crippen LogP contribution < -0.4 is 0 Å². The van der Waals surface area contributed by atoms with Crippen molar-refractivity contribution in [3.05, 3.63) is 0 Å². The molecule has 0 aromatic carbocycles. The summed E-state index contributed by atoms with van der Waals surface area (Å²) in [5.41, 5.74) is 0. The van der Waals surface area contributed by atoms with Gasteiger partial charge < -0.3 is 14.2 Å². The predicted molar refractivity (Wildman–Crippen MR) is 82.4 cm³/mol. The summed E-state index contributed by atoms with van der Waals surface area (Å²) in [7, 11) is 0. The molecule has 0 aromatic rings. The largest absolute Gasteiger partial charge is 0.453 e. The molecule has 0 aliphatic carbocycles. The zero-order valence-corrected chi connectivity index (χ0v) is 16.8. The standard InChI is InChI=1S/C16H19F15O3/c17-11(18,14(23,24)25)4-1-7-32-10(33-8-2-5-12(19,20)15(26,27)28)34-9-3-6-13(21,22)16(29,30)31/h10H,1-9H2. The lowest BCUT2D eigenvalue weighted by Crippen LogP contribution is -2.37. The molecule has 0 fully saturated rings. The van der Waals surface area contributed by atoms with Gasteiger partial charge in [0, 0.05) is 19.3 Å². The maximum absolute atomic E-state index is 12.8. The zero-order chi connectivity index (χ0) is 27.1. The second kappa shape index (κ2) is 12.2. The molecule has 3 nitrogen and oxygen atoms in total. The maximum atomic E-state index is 12.8. The van der Waals surface area contributed by atoms with Gasteiger partial charge in [0.15, 0.2) is 0 Å². The van der Waals surface area contributed by atoms with Crippen molar-refractivity contribution in [2.24, 2.45) is 0 Å². The predicted octanol–water partition coefficient (Wildman–Crippen LogP) is 7.25. The van der Waals surface area contributed by atoms with Gasteiger partial charge in [-0.05, 0) is 19.3 Å². The molecule has 0 radical (unpaired) electrons. The summed E-state index contributed by atoms with van der Waals surface area (Å²) in [6.07, 6.45) is -26.0. The number of ether oxygens (including phenoxy) is 3. The highest BCUT2D eigenvalue weighted by molar-refractivity contribution is 4.76. The Morgan fingerprint density at radius 2 is 0.588 bits per heavy atom. The van der Waals surface area contributed by atoms with E-state index in [2.05, 4.69) is 14.2 Å². The van der Waals surface area contributed by atoms with Crippen molar-refractivity contribution in [1.82, 2.24) is 0 Å². The van der Waals surface area contributed by atoms with Crippen molar-refractivity contribution in [3.8, 4) is 0 Å². The van der Waals surface area contributed by atoms with Gasteiger partial charge in [0.05, 0.1) is 19.8 Å². The van der Waals surface area contributed by atoms with Crippen molar-refractivity contribution in [2.75, 3.05) is 19.8 Å². The second-order valence-electron chi connectivity index (χ2n) is 6.82.